The molecule has 32 heavy (non-hydrogen) atoms. The predicted molar refractivity (Wildman–Crippen MR) is 128 cm³/mol. The summed E-state index contributed by atoms with van der Waals surface area (Å²) in [5.41, 5.74) is 5.12. The zero-order valence-corrected chi connectivity index (χ0v) is 17.9. The van der Waals surface area contributed by atoms with E-state index in [4.69, 9.17) is 4.42 Å². The normalized spacial score (nSPS) is 15.0. The molecular formula is C25H25N5O2. The molecule has 1 fully saturated rings. The molecule has 162 valence electrons. The number of carbonyl (C=O) groups is 1. The second kappa shape index (κ2) is 8.72. The number of nitrogens with one attached hydrogen (secondary N) is 2. The molecular weight excluding hydrogens is 402 g/mol. The number of aromatic nitrogens is 2. The molecule has 7 nitrogen and oxygen atoms in total. The van der Waals surface area contributed by atoms with Gasteiger partial charge in [0.05, 0.1) is 34.4 Å². The number of hydrogen-bond acceptors (Lipinski definition) is 5. The standard InChI is InChI=1S/C25H25N5O2/c1-29-10-12-30(13-11-29)24-16-22-20(15-23(24)26-25(31)19-9-14-32-17-19)21(27-28-22)8-7-18-5-3-2-4-6-18/h2-9,14-17H,10-13H2,1H3,(H,26,31)(H,27,28). The monoisotopic (exact) mass is 427 g/mol. The molecule has 0 saturated carbocycles. The van der Waals surface area contributed by atoms with E-state index in [2.05, 4.69) is 38.4 Å². The summed E-state index contributed by atoms with van der Waals surface area (Å²) in [4.78, 5) is 17.4. The van der Waals surface area contributed by atoms with Gasteiger partial charge in [-0.05, 0) is 36.9 Å². The molecule has 1 aliphatic rings. The van der Waals surface area contributed by atoms with Crippen molar-refractivity contribution in [1.82, 2.24) is 15.1 Å². The number of H-pyrrole nitrogens is 1. The summed E-state index contributed by atoms with van der Waals surface area (Å²) in [7, 11) is 2.13. The molecule has 0 atom stereocenters. The average Bonchev–Trinajstić information content (AvgIpc) is 3.49. The van der Waals surface area contributed by atoms with Crippen LogP contribution in [0.1, 0.15) is 21.6 Å². The van der Waals surface area contributed by atoms with Gasteiger partial charge in [0.15, 0.2) is 0 Å². The van der Waals surface area contributed by atoms with Crippen LogP contribution in [0.4, 0.5) is 11.4 Å². The summed E-state index contributed by atoms with van der Waals surface area (Å²) in [6, 6.07) is 15.9. The lowest BCUT2D eigenvalue weighted by Crippen LogP contribution is -2.44. The number of hydrogen-bond donors (Lipinski definition) is 2. The van der Waals surface area contributed by atoms with Gasteiger partial charge >= 0.3 is 0 Å². The van der Waals surface area contributed by atoms with Crippen LogP contribution < -0.4 is 10.2 Å². The Morgan fingerprint density at radius 3 is 2.66 bits per heavy atom. The average molecular weight is 428 g/mol. The summed E-state index contributed by atoms with van der Waals surface area (Å²) < 4.78 is 5.08. The molecule has 2 aromatic heterocycles. The zero-order chi connectivity index (χ0) is 21.9. The third-order valence-electron chi connectivity index (χ3n) is 5.82. The summed E-state index contributed by atoms with van der Waals surface area (Å²) in [5, 5.41) is 11.7. The Bertz CT molecular complexity index is 1240. The van der Waals surface area contributed by atoms with Crippen molar-refractivity contribution in [3.63, 3.8) is 0 Å². The lowest BCUT2D eigenvalue weighted by molar-refractivity contribution is 0.102. The highest BCUT2D eigenvalue weighted by Crippen LogP contribution is 2.33. The Morgan fingerprint density at radius 1 is 1.09 bits per heavy atom. The first kappa shape index (κ1) is 20.1. The van der Waals surface area contributed by atoms with E-state index in [1.165, 1.54) is 12.5 Å². The van der Waals surface area contributed by atoms with Crippen LogP contribution in [0.25, 0.3) is 23.1 Å². The van der Waals surface area contributed by atoms with Gasteiger partial charge in [-0.15, -0.1) is 0 Å². The predicted octanol–water partition coefficient (Wildman–Crippen LogP) is 4.33. The maximum atomic E-state index is 12.8. The number of furan rings is 1. The molecule has 0 unspecified atom stereocenters. The van der Waals surface area contributed by atoms with E-state index in [0.29, 0.717) is 5.56 Å². The van der Waals surface area contributed by atoms with Crippen molar-refractivity contribution in [3.8, 4) is 0 Å². The van der Waals surface area contributed by atoms with Gasteiger partial charge in [-0.2, -0.15) is 5.10 Å². The third-order valence-corrected chi connectivity index (χ3v) is 5.82. The van der Waals surface area contributed by atoms with E-state index in [0.717, 1.165) is 59.7 Å². The van der Waals surface area contributed by atoms with Crippen LogP contribution >= 0.6 is 0 Å². The van der Waals surface area contributed by atoms with Crippen molar-refractivity contribution >= 4 is 40.3 Å². The number of carbonyl (C=O) groups excluding carboxylic acids is 1. The molecule has 1 amide bonds. The SMILES string of the molecule is CN1CCN(c2cc3[nH]nc(C=Cc4ccccc4)c3cc2NC(=O)c2ccoc2)CC1. The number of amides is 1. The molecule has 0 aliphatic carbocycles. The van der Waals surface area contributed by atoms with Gasteiger partial charge < -0.3 is 19.5 Å². The Kier molecular flexibility index (Phi) is 5.47. The van der Waals surface area contributed by atoms with Crippen molar-refractivity contribution < 1.29 is 9.21 Å². The second-order valence-corrected chi connectivity index (χ2v) is 8.02. The van der Waals surface area contributed by atoms with Crippen molar-refractivity contribution in [2.75, 3.05) is 43.4 Å². The number of fused-ring (bicyclic) bond motifs is 1. The lowest BCUT2D eigenvalue weighted by atomic mass is 10.1. The van der Waals surface area contributed by atoms with Crippen LogP contribution in [0.15, 0.2) is 65.5 Å². The fourth-order valence-electron chi connectivity index (χ4n) is 3.94. The minimum Gasteiger partial charge on any atom is -0.472 e. The highest BCUT2D eigenvalue weighted by molar-refractivity contribution is 6.08. The minimum absolute atomic E-state index is 0.196. The van der Waals surface area contributed by atoms with Crippen LogP contribution in [0.3, 0.4) is 0 Å². The number of piperazine rings is 1. The second-order valence-electron chi connectivity index (χ2n) is 8.02. The van der Waals surface area contributed by atoms with Gasteiger partial charge in [-0.25, -0.2) is 0 Å². The topological polar surface area (TPSA) is 77.4 Å². The number of likely N-dealkylation sites (N-methyl/N-ethyl adjacent to an activating group) is 1. The van der Waals surface area contributed by atoms with Crippen LogP contribution in [-0.4, -0.2) is 54.2 Å². The van der Waals surface area contributed by atoms with E-state index in [1.807, 2.05) is 48.6 Å². The van der Waals surface area contributed by atoms with E-state index in [-0.39, 0.29) is 5.91 Å². The first-order chi connectivity index (χ1) is 15.7. The van der Waals surface area contributed by atoms with Crippen LogP contribution in [0.5, 0.6) is 0 Å². The van der Waals surface area contributed by atoms with E-state index < -0.39 is 0 Å². The third kappa shape index (κ3) is 4.15. The number of benzene rings is 2. The fourth-order valence-corrected chi connectivity index (χ4v) is 3.94. The van der Waals surface area contributed by atoms with Crippen LogP contribution in [0.2, 0.25) is 0 Å². The summed E-state index contributed by atoms with van der Waals surface area (Å²) in [5.74, 6) is -0.196. The van der Waals surface area contributed by atoms with Gasteiger partial charge in [-0.3, -0.25) is 9.89 Å². The van der Waals surface area contributed by atoms with E-state index in [1.54, 1.807) is 6.07 Å². The number of nitrogens with zero attached hydrogens (tertiary/aromatic N) is 3. The Labute approximate surface area is 186 Å². The minimum atomic E-state index is -0.196. The Morgan fingerprint density at radius 2 is 1.91 bits per heavy atom. The van der Waals surface area contributed by atoms with E-state index in [9.17, 15) is 4.79 Å². The molecule has 1 aliphatic heterocycles. The van der Waals surface area contributed by atoms with Gasteiger partial charge in [0.2, 0.25) is 0 Å². The molecule has 2 N–H and O–H groups in total. The molecule has 0 bridgehead atoms. The molecule has 0 radical (unpaired) electrons. The van der Waals surface area contributed by atoms with Crippen molar-refractivity contribution in [3.05, 3.63) is 77.9 Å². The number of rotatable bonds is 5. The first-order valence-electron chi connectivity index (χ1n) is 10.7. The molecule has 2 aromatic carbocycles. The lowest BCUT2D eigenvalue weighted by Gasteiger charge is -2.35. The molecule has 5 rings (SSSR count). The largest absolute Gasteiger partial charge is 0.472 e. The zero-order valence-electron chi connectivity index (χ0n) is 17.9. The van der Waals surface area contributed by atoms with Gasteiger partial charge in [0, 0.05) is 31.6 Å². The van der Waals surface area contributed by atoms with Gasteiger partial charge in [0.25, 0.3) is 5.91 Å². The maximum Gasteiger partial charge on any atom is 0.258 e. The highest BCUT2D eigenvalue weighted by Gasteiger charge is 2.21. The maximum absolute atomic E-state index is 12.8. The quantitative estimate of drug-likeness (QED) is 0.496. The van der Waals surface area contributed by atoms with Crippen molar-refractivity contribution in [2.24, 2.45) is 0 Å². The van der Waals surface area contributed by atoms with Crippen LogP contribution in [-0.2, 0) is 0 Å². The number of aromatic amines is 1. The van der Waals surface area contributed by atoms with Gasteiger partial charge in [0.1, 0.15) is 6.26 Å². The smallest absolute Gasteiger partial charge is 0.258 e. The van der Waals surface area contributed by atoms with Crippen LogP contribution in [0, 0.1) is 0 Å². The van der Waals surface area contributed by atoms with Crippen molar-refractivity contribution in [2.45, 2.75) is 0 Å². The molecule has 1 saturated heterocycles. The van der Waals surface area contributed by atoms with Crippen molar-refractivity contribution in [1.29, 1.82) is 0 Å². The van der Waals surface area contributed by atoms with Gasteiger partial charge in [-0.1, -0.05) is 36.4 Å². The first-order valence-corrected chi connectivity index (χ1v) is 10.7. The molecule has 7 heteroatoms. The molecule has 3 heterocycles. The summed E-state index contributed by atoms with van der Waals surface area (Å²) in [6.45, 7) is 3.74. The number of anilines is 2. The summed E-state index contributed by atoms with van der Waals surface area (Å²) in [6.07, 6.45) is 6.98. The molecule has 0 spiro atoms. The Balaban J connectivity index is 1.52. The molecule has 4 aromatic rings. The Hall–Kier alpha value is -3.84. The van der Waals surface area contributed by atoms with E-state index >= 15 is 0 Å². The fraction of sp³-hybridized carbons (Fsp3) is 0.200. The highest BCUT2D eigenvalue weighted by atomic mass is 16.3. The summed E-state index contributed by atoms with van der Waals surface area (Å²) >= 11 is 0.